The zero-order chi connectivity index (χ0) is 13.0. The summed E-state index contributed by atoms with van der Waals surface area (Å²) in [6, 6.07) is 2.20. The van der Waals surface area contributed by atoms with Crippen molar-refractivity contribution in [1.82, 2.24) is 4.90 Å². The average Bonchev–Trinajstić information content (AvgIpc) is 2.56. The third-order valence-corrected chi connectivity index (χ3v) is 3.95. The molecule has 0 spiro atoms. The summed E-state index contributed by atoms with van der Waals surface area (Å²) >= 11 is 1.80. The molecule has 1 rings (SSSR count). The van der Waals surface area contributed by atoms with Gasteiger partial charge in [-0.25, -0.2) is 0 Å². The van der Waals surface area contributed by atoms with Crippen LogP contribution < -0.4 is 0 Å². The highest BCUT2D eigenvalue weighted by Crippen LogP contribution is 2.22. The van der Waals surface area contributed by atoms with E-state index in [2.05, 4.69) is 31.7 Å². The lowest BCUT2D eigenvalue weighted by Gasteiger charge is -2.22. The summed E-state index contributed by atoms with van der Waals surface area (Å²) in [7, 11) is 0. The second-order valence-corrected chi connectivity index (χ2v) is 5.97. The van der Waals surface area contributed by atoms with E-state index in [1.165, 1.54) is 15.3 Å². The molecular weight excluding hydrogens is 234 g/mol. The standard InChI is InChI=1S/C13H21NO2S/c1-5-14(7-9(2)13(15)16)8-12-6-10(3)17-11(12)4/h6,9H,5,7-8H2,1-4H3,(H,15,16). The number of carboxylic acids is 1. The van der Waals surface area contributed by atoms with Gasteiger partial charge in [-0.3, -0.25) is 9.69 Å². The third-order valence-electron chi connectivity index (χ3n) is 2.94. The largest absolute Gasteiger partial charge is 0.481 e. The molecule has 1 unspecified atom stereocenters. The maximum Gasteiger partial charge on any atom is 0.307 e. The summed E-state index contributed by atoms with van der Waals surface area (Å²) in [5, 5.41) is 8.93. The Bertz CT molecular complexity index is 387. The topological polar surface area (TPSA) is 40.5 Å². The van der Waals surface area contributed by atoms with Gasteiger partial charge < -0.3 is 5.11 Å². The third kappa shape index (κ3) is 4.13. The van der Waals surface area contributed by atoms with E-state index in [1.54, 1.807) is 18.3 Å². The minimum Gasteiger partial charge on any atom is -0.481 e. The van der Waals surface area contributed by atoms with Crippen LogP contribution >= 0.6 is 11.3 Å². The van der Waals surface area contributed by atoms with E-state index < -0.39 is 5.97 Å². The lowest BCUT2D eigenvalue weighted by molar-refractivity contribution is -0.141. The number of hydrogen-bond donors (Lipinski definition) is 1. The van der Waals surface area contributed by atoms with Crippen molar-refractivity contribution in [3.8, 4) is 0 Å². The van der Waals surface area contributed by atoms with E-state index in [4.69, 9.17) is 5.11 Å². The average molecular weight is 255 g/mol. The van der Waals surface area contributed by atoms with E-state index in [0.717, 1.165) is 13.1 Å². The Balaban J connectivity index is 2.64. The minimum atomic E-state index is -0.721. The molecule has 0 saturated carbocycles. The maximum absolute atomic E-state index is 10.8. The number of rotatable bonds is 6. The molecule has 1 N–H and O–H groups in total. The first-order valence-corrected chi connectivity index (χ1v) is 6.76. The number of carboxylic acid groups (broad SMARTS) is 1. The van der Waals surface area contributed by atoms with E-state index >= 15 is 0 Å². The lowest BCUT2D eigenvalue weighted by atomic mass is 10.1. The fourth-order valence-electron chi connectivity index (χ4n) is 1.85. The lowest BCUT2D eigenvalue weighted by Crippen LogP contribution is -2.31. The van der Waals surface area contributed by atoms with Crippen LogP contribution in [0.5, 0.6) is 0 Å². The number of hydrogen-bond acceptors (Lipinski definition) is 3. The fraction of sp³-hybridized carbons (Fsp3) is 0.615. The van der Waals surface area contributed by atoms with Crippen LogP contribution in [0.25, 0.3) is 0 Å². The maximum atomic E-state index is 10.8. The van der Waals surface area contributed by atoms with Gasteiger partial charge in [0, 0.05) is 22.8 Å². The van der Waals surface area contributed by atoms with E-state index in [-0.39, 0.29) is 5.92 Å². The van der Waals surface area contributed by atoms with Gasteiger partial charge in [-0.05, 0) is 32.0 Å². The Morgan fingerprint density at radius 2 is 2.18 bits per heavy atom. The zero-order valence-corrected chi connectivity index (χ0v) is 11.8. The first-order chi connectivity index (χ1) is 7.93. The van der Waals surface area contributed by atoms with Crippen LogP contribution in [0, 0.1) is 19.8 Å². The zero-order valence-electron chi connectivity index (χ0n) is 11.0. The van der Waals surface area contributed by atoms with Gasteiger partial charge in [0.05, 0.1) is 5.92 Å². The molecule has 0 radical (unpaired) electrons. The first kappa shape index (κ1) is 14.2. The van der Waals surface area contributed by atoms with Crippen LogP contribution in [0.1, 0.15) is 29.2 Å². The molecule has 3 nitrogen and oxygen atoms in total. The Hall–Kier alpha value is -0.870. The van der Waals surface area contributed by atoms with Crippen LogP contribution in [0.3, 0.4) is 0 Å². The minimum absolute atomic E-state index is 0.310. The first-order valence-electron chi connectivity index (χ1n) is 5.95. The molecule has 17 heavy (non-hydrogen) atoms. The van der Waals surface area contributed by atoms with Gasteiger partial charge >= 0.3 is 5.97 Å². The van der Waals surface area contributed by atoms with Crippen molar-refractivity contribution in [1.29, 1.82) is 0 Å². The highest BCUT2D eigenvalue weighted by atomic mass is 32.1. The van der Waals surface area contributed by atoms with E-state index in [0.29, 0.717) is 6.54 Å². The number of thiophene rings is 1. The van der Waals surface area contributed by atoms with Crippen molar-refractivity contribution in [2.45, 2.75) is 34.2 Å². The van der Waals surface area contributed by atoms with Crippen molar-refractivity contribution >= 4 is 17.3 Å². The molecule has 1 aromatic heterocycles. The van der Waals surface area contributed by atoms with Gasteiger partial charge in [-0.2, -0.15) is 0 Å². The van der Waals surface area contributed by atoms with Crippen LogP contribution in [0.15, 0.2) is 6.07 Å². The van der Waals surface area contributed by atoms with Crippen LogP contribution in [0.2, 0.25) is 0 Å². The molecular formula is C13H21NO2S. The van der Waals surface area contributed by atoms with Gasteiger partial charge in [0.15, 0.2) is 0 Å². The summed E-state index contributed by atoms with van der Waals surface area (Å²) in [4.78, 5) is 15.7. The Morgan fingerprint density at radius 1 is 1.53 bits per heavy atom. The number of aliphatic carboxylic acids is 1. The van der Waals surface area contributed by atoms with Gasteiger partial charge in [0.25, 0.3) is 0 Å². The van der Waals surface area contributed by atoms with Gasteiger partial charge in [-0.1, -0.05) is 13.8 Å². The molecule has 0 aliphatic heterocycles. The molecule has 1 atom stereocenters. The molecule has 0 aromatic carbocycles. The molecule has 4 heteroatoms. The SMILES string of the molecule is CCN(Cc1cc(C)sc1C)CC(C)C(=O)O. The second kappa shape index (κ2) is 6.17. The van der Waals surface area contributed by atoms with E-state index in [9.17, 15) is 4.79 Å². The van der Waals surface area contributed by atoms with Crippen LogP contribution in [0.4, 0.5) is 0 Å². The van der Waals surface area contributed by atoms with Crippen molar-refractivity contribution in [2.75, 3.05) is 13.1 Å². The van der Waals surface area contributed by atoms with Crippen LogP contribution in [-0.4, -0.2) is 29.1 Å². The second-order valence-electron chi connectivity index (χ2n) is 4.51. The number of aryl methyl sites for hydroxylation is 2. The highest BCUT2D eigenvalue weighted by molar-refractivity contribution is 7.12. The van der Waals surface area contributed by atoms with Gasteiger partial charge in [0.1, 0.15) is 0 Å². The predicted molar refractivity (Wildman–Crippen MR) is 71.5 cm³/mol. The molecule has 0 amide bonds. The fourth-order valence-corrected chi connectivity index (χ4v) is 2.79. The molecule has 96 valence electrons. The van der Waals surface area contributed by atoms with Crippen molar-refractivity contribution in [2.24, 2.45) is 5.92 Å². The van der Waals surface area contributed by atoms with Crippen molar-refractivity contribution < 1.29 is 9.90 Å². The molecule has 1 heterocycles. The number of nitrogens with zero attached hydrogens (tertiary/aromatic N) is 1. The summed E-state index contributed by atoms with van der Waals surface area (Å²) in [6.07, 6.45) is 0. The molecule has 0 aliphatic carbocycles. The quantitative estimate of drug-likeness (QED) is 0.849. The Morgan fingerprint density at radius 3 is 2.59 bits per heavy atom. The number of carbonyl (C=O) groups is 1. The van der Waals surface area contributed by atoms with Crippen molar-refractivity contribution in [3.63, 3.8) is 0 Å². The molecule has 0 aliphatic rings. The molecule has 0 bridgehead atoms. The normalized spacial score (nSPS) is 13.0. The summed E-state index contributed by atoms with van der Waals surface area (Å²) in [6.45, 7) is 10.4. The van der Waals surface area contributed by atoms with Gasteiger partial charge in [-0.15, -0.1) is 11.3 Å². The predicted octanol–water partition coefficient (Wildman–Crippen LogP) is 2.91. The molecule has 0 saturated heterocycles. The smallest absolute Gasteiger partial charge is 0.307 e. The van der Waals surface area contributed by atoms with Crippen molar-refractivity contribution in [3.05, 3.63) is 21.4 Å². The van der Waals surface area contributed by atoms with Crippen LogP contribution in [-0.2, 0) is 11.3 Å². The van der Waals surface area contributed by atoms with E-state index in [1.807, 2.05) is 0 Å². The summed E-state index contributed by atoms with van der Waals surface area (Å²) in [5.74, 6) is -1.03. The highest BCUT2D eigenvalue weighted by Gasteiger charge is 2.16. The monoisotopic (exact) mass is 255 g/mol. The molecule has 1 aromatic rings. The summed E-state index contributed by atoms with van der Waals surface area (Å²) < 4.78 is 0. The Kier molecular flexibility index (Phi) is 5.15. The Labute approximate surface area is 107 Å². The molecule has 0 fully saturated rings. The summed E-state index contributed by atoms with van der Waals surface area (Å²) in [5.41, 5.74) is 1.33. The van der Waals surface area contributed by atoms with Gasteiger partial charge in [0.2, 0.25) is 0 Å².